The molecule has 0 unspecified atom stereocenters. The van der Waals surface area contributed by atoms with E-state index < -0.39 is 17.6 Å². The van der Waals surface area contributed by atoms with Crippen LogP contribution in [0, 0.1) is 17.2 Å². The largest absolute Gasteiger partial charge is 0.416 e. The lowest BCUT2D eigenvalue weighted by atomic mass is 9.85. The van der Waals surface area contributed by atoms with Crippen molar-refractivity contribution < 1.29 is 18.0 Å². The summed E-state index contributed by atoms with van der Waals surface area (Å²) >= 11 is 6.04. The zero-order chi connectivity index (χ0) is 21.7. The average molecular weight is 436 g/mol. The lowest BCUT2D eigenvalue weighted by molar-refractivity contribution is -0.137. The number of amides is 1. The molecule has 0 spiro atoms. The van der Waals surface area contributed by atoms with Gasteiger partial charge in [0.05, 0.1) is 21.8 Å². The van der Waals surface area contributed by atoms with Gasteiger partial charge in [-0.1, -0.05) is 23.7 Å². The van der Waals surface area contributed by atoms with Gasteiger partial charge in [-0.3, -0.25) is 4.79 Å². The lowest BCUT2D eigenvalue weighted by Crippen LogP contribution is -2.38. The van der Waals surface area contributed by atoms with Crippen LogP contribution in [0.1, 0.15) is 47.2 Å². The maximum atomic E-state index is 12.8. The standard InChI is InChI=1S/C22H21ClF3N3O/c23-19-5-2-6-20(18(19)12-27)28-13-14-7-9-17(10-8-14)29-21(30)15-3-1-4-16(11-15)22(24,25)26/h1-6,11,14,17,28H,7-10,13H2,(H,29,30). The minimum atomic E-state index is -4.48. The lowest BCUT2D eigenvalue weighted by Gasteiger charge is -2.29. The number of alkyl halides is 3. The second-order valence-electron chi connectivity index (χ2n) is 7.42. The highest BCUT2D eigenvalue weighted by Gasteiger charge is 2.31. The van der Waals surface area contributed by atoms with Gasteiger partial charge < -0.3 is 10.6 Å². The van der Waals surface area contributed by atoms with Crippen molar-refractivity contribution in [2.75, 3.05) is 11.9 Å². The van der Waals surface area contributed by atoms with Crippen LogP contribution < -0.4 is 10.6 Å². The quantitative estimate of drug-likeness (QED) is 0.639. The van der Waals surface area contributed by atoms with Crippen LogP contribution in [0.3, 0.4) is 0 Å². The molecule has 2 aromatic carbocycles. The molecule has 8 heteroatoms. The Kier molecular flexibility index (Phi) is 6.88. The number of benzene rings is 2. The summed E-state index contributed by atoms with van der Waals surface area (Å²) < 4.78 is 38.5. The number of rotatable bonds is 5. The molecule has 30 heavy (non-hydrogen) atoms. The molecule has 2 aromatic rings. The van der Waals surface area contributed by atoms with Crippen molar-refractivity contribution in [1.82, 2.24) is 5.32 Å². The van der Waals surface area contributed by atoms with E-state index in [0.717, 1.165) is 37.8 Å². The number of hydrogen-bond acceptors (Lipinski definition) is 3. The van der Waals surface area contributed by atoms with Crippen LogP contribution in [0.15, 0.2) is 42.5 Å². The molecule has 2 N–H and O–H groups in total. The van der Waals surface area contributed by atoms with Crippen LogP contribution in [-0.4, -0.2) is 18.5 Å². The molecule has 1 fully saturated rings. The second kappa shape index (κ2) is 9.40. The second-order valence-corrected chi connectivity index (χ2v) is 7.83. The molecule has 0 heterocycles. The van der Waals surface area contributed by atoms with E-state index in [1.54, 1.807) is 12.1 Å². The normalized spacial score (nSPS) is 19.0. The molecule has 1 amide bonds. The van der Waals surface area contributed by atoms with Gasteiger partial charge in [-0.15, -0.1) is 0 Å². The molecule has 0 bridgehead atoms. The van der Waals surface area contributed by atoms with Gasteiger partial charge in [0, 0.05) is 18.2 Å². The predicted molar refractivity (Wildman–Crippen MR) is 109 cm³/mol. The topological polar surface area (TPSA) is 64.9 Å². The Labute approximate surface area is 178 Å². The van der Waals surface area contributed by atoms with Crippen molar-refractivity contribution in [2.24, 2.45) is 5.92 Å². The highest BCUT2D eigenvalue weighted by molar-refractivity contribution is 6.32. The zero-order valence-corrected chi connectivity index (χ0v) is 16.9. The van der Waals surface area contributed by atoms with Crippen molar-refractivity contribution in [3.8, 4) is 6.07 Å². The first-order valence-corrected chi connectivity index (χ1v) is 10.1. The first kappa shape index (κ1) is 22.0. The maximum absolute atomic E-state index is 12.8. The monoisotopic (exact) mass is 435 g/mol. The summed E-state index contributed by atoms with van der Waals surface area (Å²) in [7, 11) is 0. The van der Waals surface area contributed by atoms with E-state index >= 15 is 0 Å². The van der Waals surface area contributed by atoms with Crippen LogP contribution in [0.4, 0.5) is 18.9 Å². The molecule has 0 aliphatic heterocycles. The fraction of sp³-hybridized carbons (Fsp3) is 0.364. The first-order valence-electron chi connectivity index (χ1n) is 9.68. The van der Waals surface area contributed by atoms with Crippen LogP contribution in [0.2, 0.25) is 5.02 Å². The Morgan fingerprint density at radius 2 is 1.83 bits per heavy atom. The Bertz CT molecular complexity index is 947. The van der Waals surface area contributed by atoms with Crippen molar-refractivity contribution >= 4 is 23.2 Å². The van der Waals surface area contributed by atoms with Crippen LogP contribution in [0.5, 0.6) is 0 Å². The van der Waals surface area contributed by atoms with E-state index in [-0.39, 0.29) is 11.6 Å². The van der Waals surface area contributed by atoms with E-state index in [0.29, 0.717) is 28.7 Å². The first-order chi connectivity index (χ1) is 14.3. The molecule has 1 aliphatic rings. The number of nitriles is 1. The number of carbonyl (C=O) groups is 1. The van der Waals surface area contributed by atoms with Gasteiger partial charge in [-0.2, -0.15) is 18.4 Å². The summed E-state index contributed by atoms with van der Waals surface area (Å²) in [6.07, 6.45) is -1.25. The molecule has 0 saturated heterocycles. The van der Waals surface area contributed by atoms with Crippen molar-refractivity contribution in [1.29, 1.82) is 5.26 Å². The van der Waals surface area contributed by atoms with Gasteiger partial charge >= 0.3 is 6.18 Å². The molecule has 1 saturated carbocycles. The number of halogens is 4. The van der Waals surface area contributed by atoms with Gasteiger partial charge in [-0.25, -0.2) is 0 Å². The molecule has 4 nitrogen and oxygen atoms in total. The molecule has 158 valence electrons. The van der Waals surface area contributed by atoms with E-state index in [4.69, 9.17) is 11.6 Å². The van der Waals surface area contributed by atoms with Gasteiger partial charge in [0.2, 0.25) is 0 Å². The predicted octanol–water partition coefficient (Wildman–Crippen LogP) is 5.63. The summed E-state index contributed by atoms with van der Waals surface area (Å²) in [6.45, 7) is 0.684. The zero-order valence-electron chi connectivity index (χ0n) is 16.1. The number of hydrogen-bond donors (Lipinski definition) is 2. The maximum Gasteiger partial charge on any atom is 0.416 e. The third-order valence-corrected chi connectivity index (χ3v) is 5.66. The third kappa shape index (κ3) is 5.45. The van der Waals surface area contributed by atoms with E-state index in [2.05, 4.69) is 16.7 Å². The molecule has 1 aliphatic carbocycles. The summed E-state index contributed by atoms with van der Waals surface area (Å²) in [5, 5.41) is 15.8. The average Bonchev–Trinajstić information content (AvgIpc) is 2.73. The number of carbonyl (C=O) groups excluding carboxylic acids is 1. The molecular formula is C22H21ClF3N3O. The van der Waals surface area contributed by atoms with Gasteiger partial charge in [0.25, 0.3) is 5.91 Å². The Morgan fingerprint density at radius 1 is 1.13 bits per heavy atom. The number of nitrogens with one attached hydrogen (secondary N) is 2. The fourth-order valence-electron chi connectivity index (χ4n) is 3.66. The minimum absolute atomic E-state index is 0.0126. The van der Waals surface area contributed by atoms with Gasteiger partial charge in [0.15, 0.2) is 0 Å². The van der Waals surface area contributed by atoms with Gasteiger partial charge in [0.1, 0.15) is 6.07 Å². The van der Waals surface area contributed by atoms with Crippen LogP contribution in [0.25, 0.3) is 0 Å². The van der Waals surface area contributed by atoms with Crippen LogP contribution >= 0.6 is 11.6 Å². The Hall–Kier alpha value is -2.72. The van der Waals surface area contributed by atoms with Gasteiger partial charge in [-0.05, 0) is 61.9 Å². The van der Waals surface area contributed by atoms with Crippen molar-refractivity contribution in [3.05, 3.63) is 64.2 Å². The van der Waals surface area contributed by atoms with Crippen molar-refractivity contribution in [2.45, 2.75) is 37.9 Å². The van der Waals surface area contributed by atoms with E-state index in [1.165, 1.54) is 12.1 Å². The molecular weight excluding hydrogens is 415 g/mol. The summed E-state index contributed by atoms with van der Waals surface area (Å²) in [4.78, 5) is 12.4. The summed E-state index contributed by atoms with van der Waals surface area (Å²) in [6, 6.07) is 11.8. The SMILES string of the molecule is N#Cc1c(Cl)cccc1NCC1CCC(NC(=O)c2cccc(C(F)(F)F)c2)CC1. The van der Waals surface area contributed by atoms with Crippen molar-refractivity contribution in [3.63, 3.8) is 0 Å². The van der Waals surface area contributed by atoms with E-state index in [9.17, 15) is 23.2 Å². The molecule has 0 aromatic heterocycles. The summed E-state index contributed by atoms with van der Waals surface area (Å²) in [5.41, 5.74) is 0.299. The minimum Gasteiger partial charge on any atom is -0.384 e. The number of anilines is 1. The highest BCUT2D eigenvalue weighted by Crippen LogP contribution is 2.30. The number of nitrogens with zero attached hydrogens (tertiary/aromatic N) is 1. The Balaban J connectivity index is 1.50. The third-order valence-electron chi connectivity index (χ3n) is 5.34. The smallest absolute Gasteiger partial charge is 0.384 e. The van der Waals surface area contributed by atoms with Crippen LogP contribution in [-0.2, 0) is 6.18 Å². The molecule has 0 atom stereocenters. The van der Waals surface area contributed by atoms with E-state index in [1.807, 2.05) is 6.07 Å². The Morgan fingerprint density at radius 3 is 2.50 bits per heavy atom. The molecule has 0 radical (unpaired) electrons. The fourth-order valence-corrected chi connectivity index (χ4v) is 3.87. The highest BCUT2D eigenvalue weighted by atomic mass is 35.5. The molecule has 3 rings (SSSR count). The summed E-state index contributed by atoms with van der Waals surface area (Å²) in [5.74, 6) is -0.113.